The van der Waals surface area contributed by atoms with Gasteiger partial charge in [0.1, 0.15) is 6.10 Å². The molecule has 0 amide bonds. The van der Waals surface area contributed by atoms with E-state index in [9.17, 15) is 19.4 Å². The summed E-state index contributed by atoms with van der Waals surface area (Å²) in [7, 11) is 1.06. The molecule has 0 saturated heterocycles. The van der Waals surface area contributed by atoms with Gasteiger partial charge >= 0.3 is 5.97 Å². The average molecular weight is 283 g/mol. The molecule has 0 aliphatic rings. The lowest BCUT2D eigenvalue weighted by Crippen LogP contribution is -2.29. The summed E-state index contributed by atoms with van der Waals surface area (Å²) in [5.41, 5.74) is 0.0132. The number of carbonyl (C=O) groups excluding carboxylic acids is 1. The first-order valence-electron chi connectivity index (χ1n) is 4.47. The van der Waals surface area contributed by atoms with E-state index in [2.05, 4.69) is 4.74 Å². The van der Waals surface area contributed by atoms with Gasteiger partial charge in [-0.05, 0) is 17.7 Å². The summed E-state index contributed by atoms with van der Waals surface area (Å²) in [6, 6.07) is 2.14. The zero-order valence-corrected chi connectivity index (χ0v) is 10.2. The van der Waals surface area contributed by atoms with Gasteiger partial charge in [-0.3, -0.25) is 0 Å². The minimum absolute atomic E-state index is 0.0132. The van der Waals surface area contributed by atoms with Crippen LogP contribution < -0.4 is 0 Å². The molecule has 2 N–H and O–H groups in total. The van der Waals surface area contributed by atoms with Crippen LogP contribution in [0.25, 0.3) is 0 Å². The van der Waals surface area contributed by atoms with Gasteiger partial charge < -0.3 is 14.9 Å². The molecular weight excluding hydrogens is 274 g/mol. The molecule has 0 bridgehead atoms. The molecule has 2 unspecified atom stereocenters. The number of carbonyl (C=O) groups is 1. The third kappa shape index (κ3) is 3.07. The number of rotatable bonds is 3. The van der Waals surface area contributed by atoms with Crippen LogP contribution in [0, 0.1) is 5.82 Å². The molecule has 2 atom stereocenters. The van der Waals surface area contributed by atoms with Gasteiger partial charge in [0, 0.05) is 0 Å². The van der Waals surface area contributed by atoms with Crippen LogP contribution in [0.5, 0.6) is 0 Å². The van der Waals surface area contributed by atoms with E-state index in [0.717, 1.165) is 19.2 Å². The molecule has 0 heterocycles. The lowest BCUT2D eigenvalue weighted by molar-refractivity contribution is -0.156. The molecule has 0 aromatic heterocycles. The minimum atomic E-state index is -1.79. The molecule has 1 aromatic carbocycles. The van der Waals surface area contributed by atoms with Crippen LogP contribution >= 0.6 is 23.2 Å². The maximum atomic E-state index is 13.1. The number of benzene rings is 1. The van der Waals surface area contributed by atoms with Crippen molar-refractivity contribution in [3.05, 3.63) is 33.6 Å². The Morgan fingerprint density at radius 1 is 1.35 bits per heavy atom. The van der Waals surface area contributed by atoms with E-state index in [1.807, 2.05) is 0 Å². The molecule has 7 heteroatoms. The highest BCUT2D eigenvalue weighted by atomic mass is 35.5. The fourth-order valence-electron chi connectivity index (χ4n) is 1.18. The predicted octanol–water partition coefficient (Wildman–Crippen LogP) is 1.70. The fourth-order valence-corrected chi connectivity index (χ4v) is 1.68. The largest absolute Gasteiger partial charge is 0.467 e. The van der Waals surface area contributed by atoms with Crippen LogP contribution in [0.1, 0.15) is 11.7 Å². The number of methoxy groups -OCH3 is 1. The molecule has 1 rings (SSSR count). The SMILES string of the molecule is COC(=O)C(O)C(O)c1cc(Cl)c(F)c(Cl)c1. The number of hydrogen-bond acceptors (Lipinski definition) is 4. The Labute approximate surface area is 107 Å². The molecule has 0 radical (unpaired) electrons. The highest BCUT2D eigenvalue weighted by molar-refractivity contribution is 6.35. The van der Waals surface area contributed by atoms with Crippen LogP contribution in [0.4, 0.5) is 4.39 Å². The highest BCUT2D eigenvalue weighted by Gasteiger charge is 2.27. The second kappa shape index (κ2) is 5.64. The van der Waals surface area contributed by atoms with Crippen molar-refractivity contribution >= 4 is 29.2 Å². The Hall–Kier alpha value is -0.880. The lowest BCUT2D eigenvalue weighted by atomic mass is 10.0. The summed E-state index contributed by atoms with van der Waals surface area (Å²) in [5, 5.41) is 18.4. The molecular formula is C10H9Cl2FO4. The van der Waals surface area contributed by atoms with Crippen molar-refractivity contribution in [2.45, 2.75) is 12.2 Å². The first-order chi connectivity index (χ1) is 7.88. The van der Waals surface area contributed by atoms with Gasteiger partial charge in [-0.2, -0.15) is 0 Å². The number of halogens is 3. The number of hydrogen-bond donors (Lipinski definition) is 2. The monoisotopic (exact) mass is 282 g/mol. The van der Waals surface area contributed by atoms with Crippen LogP contribution in [-0.2, 0) is 9.53 Å². The van der Waals surface area contributed by atoms with Gasteiger partial charge in [0.15, 0.2) is 11.9 Å². The standard InChI is InChI=1S/C10H9Cl2FO4/c1-17-10(16)9(15)8(14)4-2-5(11)7(13)6(12)3-4/h2-3,8-9,14-15H,1H3. The second-order valence-corrected chi connectivity index (χ2v) is 4.03. The van der Waals surface area contributed by atoms with Crippen LogP contribution in [-0.4, -0.2) is 29.4 Å². The van der Waals surface area contributed by atoms with Crippen molar-refractivity contribution in [3.8, 4) is 0 Å². The maximum absolute atomic E-state index is 13.1. The maximum Gasteiger partial charge on any atom is 0.337 e. The molecule has 0 saturated carbocycles. The molecule has 1 aromatic rings. The number of aliphatic hydroxyl groups is 2. The third-order valence-electron chi connectivity index (χ3n) is 2.09. The highest BCUT2D eigenvalue weighted by Crippen LogP contribution is 2.29. The summed E-state index contributed by atoms with van der Waals surface area (Å²) in [5.74, 6) is -1.86. The van der Waals surface area contributed by atoms with E-state index in [0.29, 0.717) is 0 Å². The first kappa shape index (κ1) is 14.2. The molecule has 0 spiro atoms. The Balaban J connectivity index is 3.04. The van der Waals surface area contributed by atoms with E-state index < -0.39 is 24.0 Å². The predicted molar refractivity (Wildman–Crippen MR) is 59.4 cm³/mol. The molecule has 4 nitrogen and oxygen atoms in total. The van der Waals surface area contributed by atoms with Crippen molar-refractivity contribution in [2.24, 2.45) is 0 Å². The van der Waals surface area contributed by atoms with Gasteiger partial charge in [-0.1, -0.05) is 23.2 Å². The Kier molecular flexibility index (Phi) is 4.70. The second-order valence-electron chi connectivity index (χ2n) is 3.21. The Morgan fingerprint density at radius 2 is 1.82 bits per heavy atom. The van der Waals surface area contributed by atoms with Crippen molar-refractivity contribution in [2.75, 3.05) is 7.11 Å². The molecule has 94 valence electrons. The Morgan fingerprint density at radius 3 is 2.24 bits per heavy atom. The van der Waals surface area contributed by atoms with Crippen LogP contribution in [0.2, 0.25) is 10.0 Å². The van der Waals surface area contributed by atoms with Crippen LogP contribution in [0.15, 0.2) is 12.1 Å². The summed E-state index contributed by atoms with van der Waals surface area (Å²) < 4.78 is 17.4. The number of esters is 1. The average Bonchev–Trinajstić information content (AvgIpc) is 2.32. The lowest BCUT2D eigenvalue weighted by Gasteiger charge is -2.16. The Bertz CT molecular complexity index is 415. The van der Waals surface area contributed by atoms with Gasteiger partial charge in [0.25, 0.3) is 0 Å². The molecule has 0 aliphatic carbocycles. The van der Waals surface area contributed by atoms with Gasteiger partial charge in [0.05, 0.1) is 17.2 Å². The van der Waals surface area contributed by atoms with E-state index in [1.54, 1.807) is 0 Å². The van der Waals surface area contributed by atoms with Gasteiger partial charge in [-0.15, -0.1) is 0 Å². The number of aliphatic hydroxyl groups excluding tert-OH is 2. The zero-order valence-electron chi connectivity index (χ0n) is 8.65. The quantitative estimate of drug-likeness (QED) is 0.654. The van der Waals surface area contributed by atoms with E-state index in [-0.39, 0.29) is 15.6 Å². The molecule has 17 heavy (non-hydrogen) atoms. The van der Waals surface area contributed by atoms with Crippen molar-refractivity contribution in [1.82, 2.24) is 0 Å². The van der Waals surface area contributed by atoms with Crippen LogP contribution in [0.3, 0.4) is 0 Å². The summed E-state index contributed by atoms with van der Waals surface area (Å²) in [6.07, 6.45) is -3.39. The minimum Gasteiger partial charge on any atom is -0.467 e. The van der Waals surface area contributed by atoms with E-state index >= 15 is 0 Å². The van der Waals surface area contributed by atoms with Crippen molar-refractivity contribution < 1.29 is 24.1 Å². The van der Waals surface area contributed by atoms with Gasteiger partial charge in [-0.25, -0.2) is 9.18 Å². The van der Waals surface area contributed by atoms with E-state index in [1.165, 1.54) is 0 Å². The smallest absolute Gasteiger partial charge is 0.337 e. The van der Waals surface area contributed by atoms with Crippen molar-refractivity contribution in [1.29, 1.82) is 0 Å². The normalized spacial score (nSPS) is 14.2. The zero-order chi connectivity index (χ0) is 13.2. The first-order valence-corrected chi connectivity index (χ1v) is 5.22. The fraction of sp³-hybridized carbons (Fsp3) is 0.300. The third-order valence-corrected chi connectivity index (χ3v) is 2.64. The van der Waals surface area contributed by atoms with Crippen molar-refractivity contribution in [3.63, 3.8) is 0 Å². The summed E-state index contributed by atoms with van der Waals surface area (Å²) >= 11 is 11.0. The topological polar surface area (TPSA) is 66.8 Å². The molecule has 0 aliphatic heterocycles. The van der Waals surface area contributed by atoms with E-state index in [4.69, 9.17) is 23.2 Å². The summed E-state index contributed by atoms with van der Waals surface area (Å²) in [4.78, 5) is 11.0. The number of ether oxygens (including phenoxy) is 1. The molecule has 0 fully saturated rings. The van der Waals surface area contributed by atoms with Gasteiger partial charge in [0.2, 0.25) is 0 Å². The summed E-state index contributed by atoms with van der Waals surface area (Å²) in [6.45, 7) is 0.